The van der Waals surface area contributed by atoms with Crippen molar-refractivity contribution in [2.24, 2.45) is 0 Å². The van der Waals surface area contributed by atoms with Crippen molar-refractivity contribution in [3.63, 3.8) is 0 Å². The molecule has 0 spiro atoms. The molecule has 1 aromatic heterocycles. The van der Waals surface area contributed by atoms with E-state index in [0.29, 0.717) is 12.3 Å². The van der Waals surface area contributed by atoms with Crippen LogP contribution >= 0.6 is 0 Å². The van der Waals surface area contributed by atoms with E-state index in [1.54, 1.807) is 12.1 Å². The highest BCUT2D eigenvalue weighted by Crippen LogP contribution is 2.25. The van der Waals surface area contributed by atoms with E-state index in [-0.39, 0.29) is 42.2 Å². The zero-order chi connectivity index (χ0) is 23.0. The molecule has 3 aromatic rings. The van der Waals surface area contributed by atoms with Crippen LogP contribution in [0, 0.1) is 5.82 Å². The van der Waals surface area contributed by atoms with Gasteiger partial charge in [0.15, 0.2) is 0 Å². The molecule has 2 aromatic carbocycles. The van der Waals surface area contributed by atoms with Crippen LogP contribution < -0.4 is 10.3 Å². The minimum atomic E-state index is -0.305. The molecule has 0 aliphatic heterocycles. The minimum absolute atomic E-state index is 0.0971. The number of halogens is 1. The smallest absolute Gasteiger partial charge is 0.274 e. The van der Waals surface area contributed by atoms with Crippen molar-refractivity contribution in [3.05, 3.63) is 94.2 Å². The Morgan fingerprint density at radius 2 is 1.73 bits per heavy atom. The first kappa shape index (κ1) is 22.7. The summed E-state index contributed by atoms with van der Waals surface area (Å²) >= 11 is 0. The van der Waals surface area contributed by atoms with Gasteiger partial charge in [-0.15, -0.1) is 0 Å². The van der Waals surface area contributed by atoms with E-state index in [2.05, 4.69) is 5.10 Å². The quantitative estimate of drug-likeness (QED) is 0.510. The lowest BCUT2D eigenvalue weighted by Gasteiger charge is -2.34. The van der Waals surface area contributed by atoms with Crippen LogP contribution in [0.3, 0.4) is 0 Å². The van der Waals surface area contributed by atoms with Crippen molar-refractivity contribution in [3.8, 4) is 5.75 Å². The Bertz CT molecular complexity index is 1110. The van der Waals surface area contributed by atoms with Gasteiger partial charge in [-0.25, -0.2) is 9.07 Å². The molecule has 0 bridgehead atoms. The van der Waals surface area contributed by atoms with Gasteiger partial charge < -0.3 is 9.64 Å². The van der Waals surface area contributed by atoms with Crippen LogP contribution in [0.4, 0.5) is 4.39 Å². The number of nitrogens with zero attached hydrogens (tertiary/aromatic N) is 3. The van der Waals surface area contributed by atoms with Gasteiger partial charge in [0, 0.05) is 18.7 Å². The highest BCUT2D eigenvalue weighted by molar-refractivity contribution is 5.92. The zero-order valence-electron chi connectivity index (χ0n) is 18.5. The van der Waals surface area contributed by atoms with Crippen molar-refractivity contribution in [1.29, 1.82) is 0 Å². The number of ether oxygens (including phenoxy) is 1. The Kier molecular flexibility index (Phi) is 7.50. The number of rotatable bonds is 8. The SMILES string of the molecule is O=C(c1ccc(=O)n(CCOc2ccccc2)n1)N(Cc1ccc(F)cc1)C1CCCCC1. The maximum atomic E-state index is 13.5. The van der Waals surface area contributed by atoms with E-state index in [4.69, 9.17) is 4.74 Å². The number of aromatic nitrogens is 2. The van der Waals surface area contributed by atoms with Crippen molar-refractivity contribution in [1.82, 2.24) is 14.7 Å². The normalized spacial score (nSPS) is 14.1. The fraction of sp³-hybridized carbons (Fsp3) is 0.346. The molecule has 1 aliphatic rings. The maximum Gasteiger partial charge on any atom is 0.274 e. The number of para-hydroxylation sites is 1. The van der Waals surface area contributed by atoms with Crippen LogP contribution in [0.2, 0.25) is 0 Å². The van der Waals surface area contributed by atoms with Gasteiger partial charge in [-0.2, -0.15) is 5.10 Å². The molecule has 1 amide bonds. The number of benzene rings is 2. The second-order valence-corrected chi connectivity index (χ2v) is 8.29. The molecule has 0 saturated heterocycles. The highest BCUT2D eigenvalue weighted by atomic mass is 19.1. The predicted molar refractivity (Wildman–Crippen MR) is 124 cm³/mol. The summed E-state index contributed by atoms with van der Waals surface area (Å²) in [6, 6.07) is 18.5. The monoisotopic (exact) mass is 449 g/mol. The first-order chi connectivity index (χ1) is 16.1. The molecule has 1 fully saturated rings. The van der Waals surface area contributed by atoms with Gasteiger partial charge in [-0.05, 0) is 48.7 Å². The highest BCUT2D eigenvalue weighted by Gasteiger charge is 2.27. The van der Waals surface area contributed by atoms with Crippen LogP contribution in [-0.2, 0) is 13.1 Å². The molecular weight excluding hydrogens is 421 g/mol. The summed E-state index contributed by atoms with van der Waals surface area (Å²) in [4.78, 5) is 27.7. The lowest BCUT2D eigenvalue weighted by atomic mass is 9.93. The van der Waals surface area contributed by atoms with Crippen LogP contribution in [0.1, 0.15) is 48.2 Å². The predicted octanol–water partition coefficient (Wildman–Crippen LogP) is 4.44. The van der Waals surface area contributed by atoms with E-state index in [9.17, 15) is 14.0 Å². The Balaban J connectivity index is 1.51. The fourth-order valence-corrected chi connectivity index (χ4v) is 4.18. The lowest BCUT2D eigenvalue weighted by molar-refractivity contribution is 0.0604. The summed E-state index contributed by atoms with van der Waals surface area (Å²) < 4.78 is 20.3. The molecule has 0 radical (unpaired) electrons. The van der Waals surface area contributed by atoms with Gasteiger partial charge in [0.05, 0.1) is 6.54 Å². The van der Waals surface area contributed by atoms with Crippen LogP contribution in [0.15, 0.2) is 71.5 Å². The minimum Gasteiger partial charge on any atom is -0.492 e. The zero-order valence-corrected chi connectivity index (χ0v) is 18.5. The van der Waals surface area contributed by atoms with E-state index < -0.39 is 0 Å². The number of carbonyl (C=O) groups is 1. The van der Waals surface area contributed by atoms with Crippen molar-refractivity contribution in [2.75, 3.05) is 6.61 Å². The Hall–Kier alpha value is -3.48. The third-order valence-electron chi connectivity index (χ3n) is 5.94. The molecule has 1 saturated carbocycles. The number of hydrogen-bond donors (Lipinski definition) is 0. The molecule has 4 rings (SSSR count). The summed E-state index contributed by atoms with van der Waals surface area (Å²) in [5.74, 6) is 0.185. The van der Waals surface area contributed by atoms with E-state index in [1.807, 2.05) is 35.2 Å². The maximum absolute atomic E-state index is 13.5. The average molecular weight is 450 g/mol. The molecule has 33 heavy (non-hydrogen) atoms. The van der Waals surface area contributed by atoms with E-state index in [1.165, 1.54) is 35.4 Å². The van der Waals surface area contributed by atoms with Crippen LogP contribution in [0.25, 0.3) is 0 Å². The first-order valence-corrected chi connectivity index (χ1v) is 11.4. The van der Waals surface area contributed by atoms with Crippen LogP contribution in [0.5, 0.6) is 5.75 Å². The number of hydrogen-bond acceptors (Lipinski definition) is 4. The van der Waals surface area contributed by atoms with Gasteiger partial charge in [0.25, 0.3) is 11.5 Å². The molecular formula is C26H28FN3O3. The summed E-state index contributed by atoms with van der Waals surface area (Å²) in [5.41, 5.74) is 0.799. The first-order valence-electron chi connectivity index (χ1n) is 11.4. The number of amides is 1. The van der Waals surface area contributed by atoms with Gasteiger partial charge in [-0.1, -0.05) is 49.6 Å². The van der Waals surface area contributed by atoms with Gasteiger partial charge >= 0.3 is 0 Å². The van der Waals surface area contributed by atoms with Gasteiger partial charge in [0.1, 0.15) is 23.9 Å². The van der Waals surface area contributed by atoms with Gasteiger partial charge in [-0.3, -0.25) is 9.59 Å². The summed E-state index contributed by atoms with van der Waals surface area (Å²) in [6.45, 7) is 0.869. The summed E-state index contributed by atoms with van der Waals surface area (Å²) in [7, 11) is 0. The third-order valence-corrected chi connectivity index (χ3v) is 5.94. The summed E-state index contributed by atoms with van der Waals surface area (Å²) in [5, 5.41) is 4.35. The number of carbonyl (C=O) groups excluding carboxylic acids is 1. The standard InChI is InChI=1S/C26H28FN3O3/c27-21-13-11-20(12-14-21)19-29(22-7-3-1-4-8-22)26(32)24-15-16-25(31)30(28-24)17-18-33-23-9-5-2-6-10-23/h2,5-6,9-16,22H,1,3-4,7-8,17-19H2. The second kappa shape index (κ2) is 10.9. The average Bonchev–Trinajstić information content (AvgIpc) is 2.85. The van der Waals surface area contributed by atoms with E-state index in [0.717, 1.165) is 31.2 Å². The fourth-order valence-electron chi connectivity index (χ4n) is 4.18. The molecule has 1 heterocycles. The summed E-state index contributed by atoms with van der Waals surface area (Å²) in [6.07, 6.45) is 5.16. The largest absolute Gasteiger partial charge is 0.492 e. The van der Waals surface area contributed by atoms with Gasteiger partial charge in [0.2, 0.25) is 0 Å². The molecule has 0 unspecified atom stereocenters. The lowest BCUT2D eigenvalue weighted by Crippen LogP contribution is -2.42. The molecule has 172 valence electrons. The molecule has 1 aliphatic carbocycles. The van der Waals surface area contributed by atoms with Crippen molar-refractivity contribution >= 4 is 5.91 Å². The molecule has 0 atom stereocenters. The molecule has 7 heteroatoms. The Morgan fingerprint density at radius 3 is 2.45 bits per heavy atom. The third kappa shape index (κ3) is 6.06. The van der Waals surface area contributed by atoms with Crippen LogP contribution in [-0.4, -0.2) is 33.2 Å². The molecule has 0 N–H and O–H groups in total. The van der Waals surface area contributed by atoms with Crippen molar-refractivity contribution < 1.29 is 13.9 Å². The van der Waals surface area contributed by atoms with Crippen molar-refractivity contribution in [2.45, 2.75) is 51.2 Å². The topological polar surface area (TPSA) is 64.4 Å². The second-order valence-electron chi connectivity index (χ2n) is 8.29. The van der Waals surface area contributed by atoms with E-state index >= 15 is 0 Å². The Labute approximate surface area is 192 Å². The molecule has 6 nitrogen and oxygen atoms in total. The Morgan fingerprint density at radius 1 is 1.00 bits per heavy atom.